The van der Waals surface area contributed by atoms with Gasteiger partial charge < -0.3 is 5.32 Å². The summed E-state index contributed by atoms with van der Waals surface area (Å²) in [5.41, 5.74) is 2.52. The molecule has 3 heteroatoms. The molecule has 0 saturated heterocycles. The lowest BCUT2D eigenvalue weighted by Crippen LogP contribution is -2.41. The van der Waals surface area contributed by atoms with Crippen molar-refractivity contribution in [1.82, 2.24) is 5.32 Å². The van der Waals surface area contributed by atoms with Crippen LogP contribution in [0.15, 0.2) is 48.5 Å². The molecule has 110 valence electrons. The van der Waals surface area contributed by atoms with Gasteiger partial charge >= 0.3 is 0 Å². The van der Waals surface area contributed by atoms with Gasteiger partial charge in [-0.15, -0.1) is 0 Å². The van der Waals surface area contributed by atoms with Crippen molar-refractivity contribution in [2.75, 3.05) is 0 Å². The van der Waals surface area contributed by atoms with Gasteiger partial charge in [-0.3, -0.25) is 0 Å². The predicted octanol–water partition coefficient (Wildman–Crippen LogP) is 5.59. The van der Waals surface area contributed by atoms with E-state index in [2.05, 4.69) is 30.4 Å². The van der Waals surface area contributed by atoms with E-state index in [4.69, 9.17) is 23.2 Å². The van der Waals surface area contributed by atoms with Crippen LogP contribution in [0.4, 0.5) is 0 Å². The summed E-state index contributed by atoms with van der Waals surface area (Å²) >= 11 is 12.3. The van der Waals surface area contributed by atoms with Gasteiger partial charge in [0.15, 0.2) is 0 Å². The molecular formula is C18H19Cl2N. The summed E-state index contributed by atoms with van der Waals surface area (Å²) in [5, 5.41) is 5.36. The summed E-state index contributed by atoms with van der Waals surface area (Å²) in [4.78, 5) is 0. The first-order chi connectivity index (χ1) is 10.1. The van der Waals surface area contributed by atoms with Gasteiger partial charge in [0.05, 0.1) is 0 Å². The number of benzene rings is 2. The van der Waals surface area contributed by atoms with Crippen molar-refractivity contribution < 1.29 is 0 Å². The Hall–Kier alpha value is -1.02. The average Bonchev–Trinajstić information content (AvgIpc) is 2.43. The molecule has 1 aliphatic rings. The molecule has 2 aromatic rings. The molecule has 0 aromatic heterocycles. The van der Waals surface area contributed by atoms with E-state index in [0.717, 1.165) is 22.9 Å². The Bertz CT molecular complexity index is 620. The van der Waals surface area contributed by atoms with E-state index >= 15 is 0 Å². The van der Waals surface area contributed by atoms with E-state index in [-0.39, 0.29) is 0 Å². The minimum atomic E-state index is 0.320. The fourth-order valence-electron chi connectivity index (χ4n) is 3.04. The van der Waals surface area contributed by atoms with Crippen molar-refractivity contribution in [3.63, 3.8) is 0 Å². The number of rotatable bonds is 4. The number of hydrogen-bond donors (Lipinski definition) is 1. The van der Waals surface area contributed by atoms with Gasteiger partial charge in [-0.25, -0.2) is 0 Å². The van der Waals surface area contributed by atoms with Crippen LogP contribution in [0.1, 0.15) is 42.9 Å². The Morgan fingerprint density at radius 2 is 1.81 bits per heavy atom. The molecule has 0 heterocycles. The normalized spacial score (nSPS) is 22.6. The number of nitrogens with one attached hydrogen (secondary N) is 1. The van der Waals surface area contributed by atoms with Gasteiger partial charge in [-0.1, -0.05) is 53.5 Å². The molecule has 0 amide bonds. The maximum atomic E-state index is 6.26. The summed E-state index contributed by atoms with van der Waals surface area (Å²) in [7, 11) is 0. The maximum Gasteiger partial charge on any atom is 0.0440 e. The van der Waals surface area contributed by atoms with Crippen molar-refractivity contribution in [1.29, 1.82) is 0 Å². The molecule has 1 saturated carbocycles. The Balaban J connectivity index is 1.56. The predicted molar refractivity (Wildman–Crippen MR) is 90.2 cm³/mol. The first kappa shape index (κ1) is 14.9. The second-order valence-corrected chi connectivity index (χ2v) is 6.67. The van der Waals surface area contributed by atoms with Crippen LogP contribution in [0.25, 0.3) is 0 Å². The summed E-state index contributed by atoms with van der Waals surface area (Å²) in [6.45, 7) is 2.19. The van der Waals surface area contributed by atoms with Crippen LogP contribution in [0.3, 0.4) is 0 Å². The standard InChI is InChI=1S/C18H19Cl2N/c1-12(13-5-4-6-15(19)9-13)21-16-10-14(11-16)17-7-2-3-8-18(17)20/h2-9,12,14,16,21H,10-11H2,1H3/t12-,14?,16?/m0/s1. The van der Waals surface area contributed by atoms with Crippen LogP contribution >= 0.6 is 23.2 Å². The molecule has 0 aliphatic heterocycles. The molecule has 1 fully saturated rings. The van der Waals surface area contributed by atoms with E-state index in [1.807, 2.05) is 30.3 Å². The molecular weight excluding hydrogens is 301 g/mol. The van der Waals surface area contributed by atoms with Crippen LogP contribution in [0.2, 0.25) is 10.0 Å². The topological polar surface area (TPSA) is 12.0 Å². The minimum Gasteiger partial charge on any atom is -0.307 e. The van der Waals surface area contributed by atoms with Crippen LogP contribution in [-0.4, -0.2) is 6.04 Å². The van der Waals surface area contributed by atoms with Crippen molar-refractivity contribution in [3.8, 4) is 0 Å². The summed E-state index contributed by atoms with van der Waals surface area (Å²) < 4.78 is 0. The second-order valence-electron chi connectivity index (χ2n) is 5.83. The molecule has 0 radical (unpaired) electrons. The summed E-state index contributed by atoms with van der Waals surface area (Å²) in [6, 6.07) is 17.1. The summed E-state index contributed by atoms with van der Waals surface area (Å²) in [5.74, 6) is 0.586. The molecule has 1 nitrogen and oxygen atoms in total. The fraction of sp³-hybridized carbons (Fsp3) is 0.333. The first-order valence-corrected chi connectivity index (χ1v) is 8.15. The lowest BCUT2D eigenvalue weighted by molar-refractivity contribution is 0.271. The second kappa shape index (κ2) is 6.39. The first-order valence-electron chi connectivity index (χ1n) is 7.39. The van der Waals surface area contributed by atoms with Gasteiger partial charge in [0.25, 0.3) is 0 Å². The Morgan fingerprint density at radius 1 is 1.05 bits per heavy atom. The van der Waals surface area contributed by atoms with Gasteiger partial charge in [0, 0.05) is 22.1 Å². The zero-order valence-electron chi connectivity index (χ0n) is 12.0. The molecule has 1 atom stereocenters. The van der Waals surface area contributed by atoms with Crippen LogP contribution in [0, 0.1) is 0 Å². The zero-order chi connectivity index (χ0) is 14.8. The van der Waals surface area contributed by atoms with Crippen molar-refractivity contribution in [2.24, 2.45) is 0 Å². The Kier molecular flexibility index (Phi) is 4.54. The molecule has 0 bridgehead atoms. The highest BCUT2D eigenvalue weighted by Gasteiger charge is 2.32. The van der Waals surface area contributed by atoms with Crippen molar-refractivity contribution in [3.05, 3.63) is 69.7 Å². The largest absolute Gasteiger partial charge is 0.307 e. The van der Waals surface area contributed by atoms with E-state index in [9.17, 15) is 0 Å². The van der Waals surface area contributed by atoms with E-state index in [0.29, 0.717) is 18.0 Å². The Labute approximate surface area is 136 Å². The highest BCUT2D eigenvalue weighted by atomic mass is 35.5. The number of halogens is 2. The van der Waals surface area contributed by atoms with Gasteiger partial charge in [0.1, 0.15) is 0 Å². The molecule has 1 N–H and O–H groups in total. The van der Waals surface area contributed by atoms with Crippen LogP contribution in [-0.2, 0) is 0 Å². The lowest BCUT2D eigenvalue weighted by atomic mass is 9.75. The molecule has 0 spiro atoms. The fourth-order valence-corrected chi connectivity index (χ4v) is 3.53. The maximum absolute atomic E-state index is 6.26. The third-order valence-corrected chi connectivity index (χ3v) is 4.90. The van der Waals surface area contributed by atoms with Gasteiger partial charge in [-0.2, -0.15) is 0 Å². The third-order valence-electron chi connectivity index (χ3n) is 4.32. The Morgan fingerprint density at radius 3 is 2.52 bits per heavy atom. The molecule has 0 unspecified atom stereocenters. The van der Waals surface area contributed by atoms with Gasteiger partial charge in [0.2, 0.25) is 0 Å². The molecule has 21 heavy (non-hydrogen) atoms. The lowest BCUT2D eigenvalue weighted by Gasteiger charge is -2.38. The third kappa shape index (κ3) is 3.42. The van der Waals surface area contributed by atoms with Crippen molar-refractivity contribution >= 4 is 23.2 Å². The van der Waals surface area contributed by atoms with Crippen molar-refractivity contribution in [2.45, 2.75) is 37.8 Å². The molecule has 1 aliphatic carbocycles. The SMILES string of the molecule is C[C@H](NC1CC(c2ccccc2Cl)C1)c1cccc(Cl)c1. The average molecular weight is 320 g/mol. The number of hydrogen-bond acceptors (Lipinski definition) is 1. The summed E-state index contributed by atoms with van der Waals surface area (Å²) in [6.07, 6.45) is 2.29. The zero-order valence-corrected chi connectivity index (χ0v) is 13.5. The molecule has 2 aromatic carbocycles. The smallest absolute Gasteiger partial charge is 0.0440 e. The monoisotopic (exact) mass is 319 g/mol. The highest BCUT2D eigenvalue weighted by molar-refractivity contribution is 6.31. The van der Waals surface area contributed by atoms with E-state index in [1.54, 1.807) is 0 Å². The van der Waals surface area contributed by atoms with E-state index < -0.39 is 0 Å². The molecule has 3 rings (SSSR count). The minimum absolute atomic E-state index is 0.320. The van der Waals surface area contributed by atoms with Crippen LogP contribution in [0.5, 0.6) is 0 Å². The van der Waals surface area contributed by atoms with Gasteiger partial charge in [-0.05, 0) is 55.0 Å². The quantitative estimate of drug-likeness (QED) is 0.774. The highest BCUT2D eigenvalue weighted by Crippen LogP contribution is 2.40. The van der Waals surface area contributed by atoms with E-state index in [1.165, 1.54) is 11.1 Å². The van der Waals surface area contributed by atoms with Crippen LogP contribution < -0.4 is 5.32 Å².